The fourth-order valence-electron chi connectivity index (χ4n) is 1.77. The van der Waals surface area contributed by atoms with Crippen LogP contribution in [0, 0.1) is 13.8 Å². The van der Waals surface area contributed by atoms with E-state index in [1.165, 1.54) is 5.56 Å². The van der Waals surface area contributed by atoms with Crippen LogP contribution in [0.3, 0.4) is 0 Å². The molecule has 1 aromatic heterocycles. The number of carbonyl (C=O) groups excluding carboxylic acids is 1. The van der Waals surface area contributed by atoms with E-state index in [4.69, 9.17) is 4.74 Å². The second-order valence-corrected chi connectivity index (χ2v) is 5.22. The zero-order valence-electron chi connectivity index (χ0n) is 11.1. The monoisotopic (exact) mass is 277 g/mol. The Hall–Kier alpha value is -1.88. The van der Waals surface area contributed by atoms with E-state index in [1.807, 2.05) is 32.0 Å². The Balaban J connectivity index is 2.52. The number of esters is 1. The van der Waals surface area contributed by atoms with Gasteiger partial charge in [-0.25, -0.2) is 4.79 Å². The molecule has 0 saturated heterocycles. The first-order valence-corrected chi connectivity index (χ1v) is 6.82. The van der Waals surface area contributed by atoms with Gasteiger partial charge in [-0.2, -0.15) is 0 Å². The fourth-order valence-corrected chi connectivity index (χ4v) is 2.52. The molecule has 1 N–H and O–H groups in total. The summed E-state index contributed by atoms with van der Waals surface area (Å²) in [5, 5.41) is 0. The van der Waals surface area contributed by atoms with Crippen LogP contribution in [-0.4, -0.2) is 17.6 Å². The van der Waals surface area contributed by atoms with Gasteiger partial charge in [-0.3, -0.25) is 4.79 Å². The summed E-state index contributed by atoms with van der Waals surface area (Å²) < 4.78 is 4.97. The van der Waals surface area contributed by atoms with Crippen LogP contribution in [0.5, 0.6) is 0 Å². The van der Waals surface area contributed by atoms with Gasteiger partial charge in [-0.15, -0.1) is 0 Å². The first-order chi connectivity index (χ1) is 9.02. The van der Waals surface area contributed by atoms with Crippen molar-refractivity contribution in [1.29, 1.82) is 0 Å². The highest BCUT2D eigenvalue weighted by Gasteiger charge is 2.18. The summed E-state index contributed by atoms with van der Waals surface area (Å²) in [6.45, 7) is 6.04. The predicted octanol–water partition coefficient (Wildman–Crippen LogP) is 2.90. The van der Waals surface area contributed by atoms with E-state index in [2.05, 4.69) is 4.98 Å². The van der Waals surface area contributed by atoms with E-state index < -0.39 is 5.97 Å². The standard InChI is InChI=1S/C14H15NO3S/c1-4-18-13(16)12-11(15-14(17)19-12)10-6-5-8(2)9(3)7-10/h5-7H,4H2,1-3H3,(H,15,17). The Labute approximate surface area is 115 Å². The quantitative estimate of drug-likeness (QED) is 0.878. The van der Waals surface area contributed by atoms with Gasteiger partial charge in [0.2, 0.25) is 0 Å². The topological polar surface area (TPSA) is 59.2 Å². The highest BCUT2D eigenvalue weighted by molar-refractivity contribution is 7.11. The van der Waals surface area contributed by atoms with Crippen molar-refractivity contribution in [1.82, 2.24) is 4.98 Å². The summed E-state index contributed by atoms with van der Waals surface area (Å²) in [6, 6.07) is 5.81. The molecule has 0 saturated carbocycles. The van der Waals surface area contributed by atoms with Crippen LogP contribution in [0.15, 0.2) is 23.0 Å². The van der Waals surface area contributed by atoms with Crippen molar-refractivity contribution in [3.05, 3.63) is 43.9 Å². The predicted molar refractivity (Wildman–Crippen MR) is 75.8 cm³/mol. The molecule has 2 aromatic rings. The Morgan fingerprint density at radius 1 is 1.32 bits per heavy atom. The number of aryl methyl sites for hydroxylation is 2. The molecule has 100 valence electrons. The minimum Gasteiger partial charge on any atom is -0.462 e. The second-order valence-electron chi connectivity index (χ2n) is 4.24. The summed E-state index contributed by atoms with van der Waals surface area (Å²) in [5.74, 6) is -0.459. The van der Waals surface area contributed by atoms with E-state index in [0.717, 1.165) is 22.5 Å². The van der Waals surface area contributed by atoms with Gasteiger partial charge < -0.3 is 9.72 Å². The van der Waals surface area contributed by atoms with Crippen molar-refractivity contribution < 1.29 is 9.53 Å². The molecule has 4 nitrogen and oxygen atoms in total. The number of aromatic amines is 1. The van der Waals surface area contributed by atoms with Crippen molar-refractivity contribution >= 4 is 17.3 Å². The van der Waals surface area contributed by atoms with E-state index in [9.17, 15) is 9.59 Å². The molecular formula is C14H15NO3S. The molecule has 0 radical (unpaired) electrons. The van der Waals surface area contributed by atoms with Crippen LogP contribution in [-0.2, 0) is 4.74 Å². The summed E-state index contributed by atoms with van der Waals surface area (Å²) in [7, 11) is 0. The smallest absolute Gasteiger partial charge is 0.350 e. The normalized spacial score (nSPS) is 10.5. The molecular weight excluding hydrogens is 262 g/mol. The zero-order valence-corrected chi connectivity index (χ0v) is 11.9. The molecule has 0 amide bonds. The number of aromatic nitrogens is 1. The summed E-state index contributed by atoms with van der Waals surface area (Å²) >= 11 is 0.882. The number of hydrogen-bond donors (Lipinski definition) is 1. The molecule has 1 heterocycles. The number of rotatable bonds is 3. The molecule has 1 aromatic carbocycles. The van der Waals surface area contributed by atoms with Gasteiger partial charge >= 0.3 is 10.8 Å². The van der Waals surface area contributed by atoms with Crippen LogP contribution in [0.2, 0.25) is 0 Å². The third-order valence-corrected chi connectivity index (χ3v) is 3.77. The highest BCUT2D eigenvalue weighted by atomic mass is 32.1. The average molecular weight is 277 g/mol. The first kappa shape index (κ1) is 13.5. The van der Waals surface area contributed by atoms with Crippen LogP contribution in [0.4, 0.5) is 0 Å². The summed E-state index contributed by atoms with van der Waals surface area (Å²) in [4.78, 5) is 26.1. The number of nitrogens with one attached hydrogen (secondary N) is 1. The third kappa shape index (κ3) is 2.76. The highest BCUT2D eigenvalue weighted by Crippen LogP contribution is 2.25. The van der Waals surface area contributed by atoms with Crippen molar-refractivity contribution in [3.8, 4) is 11.3 Å². The number of thiazole rings is 1. The Bertz CT molecular complexity index is 670. The van der Waals surface area contributed by atoms with Gasteiger partial charge in [0.1, 0.15) is 4.88 Å². The number of ether oxygens (including phenoxy) is 1. The second kappa shape index (κ2) is 5.40. The maximum Gasteiger partial charge on any atom is 0.350 e. The van der Waals surface area contributed by atoms with E-state index in [0.29, 0.717) is 10.6 Å². The van der Waals surface area contributed by atoms with E-state index in [-0.39, 0.29) is 11.5 Å². The van der Waals surface area contributed by atoms with Crippen molar-refractivity contribution in [2.45, 2.75) is 20.8 Å². The van der Waals surface area contributed by atoms with Crippen molar-refractivity contribution in [2.24, 2.45) is 0 Å². The van der Waals surface area contributed by atoms with Gasteiger partial charge in [0.05, 0.1) is 12.3 Å². The molecule has 0 fully saturated rings. The lowest BCUT2D eigenvalue weighted by Gasteiger charge is -2.06. The van der Waals surface area contributed by atoms with Crippen LogP contribution < -0.4 is 4.87 Å². The van der Waals surface area contributed by atoms with Crippen molar-refractivity contribution in [3.63, 3.8) is 0 Å². The molecule has 5 heteroatoms. The Kier molecular flexibility index (Phi) is 3.85. The minimum atomic E-state index is -0.459. The van der Waals surface area contributed by atoms with Crippen LogP contribution >= 0.6 is 11.3 Å². The molecule has 0 aliphatic carbocycles. The minimum absolute atomic E-state index is 0.253. The van der Waals surface area contributed by atoms with Gasteiger partial charge in [0.15, 0.2) is 0 Å². The maximum atomic E-state index is 11.8. The average Bonchev–Trinajstić information content (AvgIpc) is 2.75. The lowest BCUT2D eigenvalue weighted by atomic mass is 10.0. The fraction of sp³-hybridized carbons (Fsp3) is 0.286. The summed E-state index contributed by atoms with van der Waals surface area (Å²) in [5.41, 5.74) is 3.64. The molecule has 0 bridgehead atoms. The molecule has 0 atom stereocenters. The first-order valence-electron chi connectivity index (χ1n) is 6.00. The van der Waals surface area contributed by atoms with Crippen molar-refractivity contribution in [2.75, 3.05) is 6.61 Å². The summed E-state index contributed by atoms with van der Waals surface area (Å²) in [6.07, 6.45) is 0. The number of H-pyrrole nitrogens is 1. The number of benzene rings is 1. The van der Waals surface area contributed by atoms with E-state index >= 15 is 0 Å². The third-order valence-electron chi connectivity index (χ3n) is 2.91. The molecule has 0 unspecified atom stereocenters. The Morgan fingerprint density at radius 2 is 2.05 bits per heavy atom. The van der Waals surface area contributed by atoms with Gasteiger partial charge in [0.25, 0.3) is 0 Å². The lowest BCUT2D eigenvalue weighted by Crippen LogP contribution is -2.04. The number of carbonyl (C=O) groups is 1. The molecule has 0 spiro atoms. The zero-order chi connectivity index (χ0) is 14.0. The lowest BCUT2D eigenvalue weighted by molar-refractivity contribution is 0.0532. The van der Waals surface area contributed by atoms with Gasteiger partial charge in [-0.1, -0.05) is 23.5 Å². The molecule has 19 heavy (non-hydrogen) atoms. The SMILES string of the molecule is CCOC(=O)c1sc(=O)[nH]c1-c1ccc(C)c(C)c1. The molecule has 0 aliphatic rings. The van der Waals surface area contributed by atoms with Gasteiger partial charge in [-0.05, 0) is 38.0 Å². The Morgan fingerprint density at radius 3 is 2.68 bits per heavy atom. The maximum absolute atomic E-state index is 11.8. The van der Waals surface area contributed by atoms with Crippen LogP contribution in [0.1, 0.15) is 27.7 Å². The van der Waals surface area contributed by atoms with Crippen LogP contribution in [0.25, 0.3) is 11.3 Å². The van der Waals surface area contributed by atoms with Gasteiger partial charge in [0, 0.05) is 5.56 Å². The van der Waals surface area contributed by atoms with E-state index in [1.54, 1.807) is 6.92 Å². The molecule has 2 rings (SSSR count). The number of hydrogen-bond acceptors (Lipinski definition) is 4. The largest absolute Gasteiger partial charge is 0.462 e. The molecule has 0 aliphatic heterocycles.